The summed E-state index contributed by atoms with van der Waals surface area (Å²) in [6, 6.07) is 8.46. The van der Waals surface area contributed by atoms with E-state index in [0.29, 0.717) is 6.42 Å². The minimum absolute atomic E-state index is 0.0498. The number of piperidine rings is 1. The van der Waals surface area contributed by atoms with E-state index in [1.807, 2.05) is 21.9 Å². The van der Waals surface area contributed by atoms with Crippen molar-refractivity contribution in [3.05, 3.63) is 29.8 Å². The third kappa shape index (κ3) is 3.33. The zero-order valence-electron chi connectivity index (χ0n) is 14.8. The molecular weight excluding hydrogens is 300 g/mol. The van der Waals surface area contributed by atoms with Crippen LogP contribution in [0, 0.1) is 5.92 Å². The van der Waals surface area contributed by atoms with Crippen molar-refractivity contribution in [3.63, 3.8) is 0 Å². The molecule has 1 unspecified atom stereocenters. The highest BCUT2D eigenvalue weighted by atomic mass is 16.2. The molecule has 0 saturated carbocycles. The third-order valence-electron chi connectivity index (χ3n) is 5.39. The van der Waals surface area contributed by atoms with Gasteiger partial charge in [-0.3, -0.25) is 9.59 Å². The van der Waals surface area contributed by atoms with E-state index < -0.39 is 0 Å². The fourth-order valence-electron chi connectivity index (χ4n) is 3.96. The average molecular weight is 328 g/mol. The molecule has 4 heteroatoms. The molecule has 4 nitrogen and oxygen atoms in total. The Labute approximate surface area is 144 Å². The summed E-state index contributed by atoms with van der Waals surface area (Å²) in [6.07, 6.45) is 5.18. The van der Waals surface area contributed by atoms with Gasteiger partial charge in [0.25, 0.3) is 0 Å². The monoisotopic (exact) mass is 328 g/mol. The number of fused-ring (bicyclic) bond motifs is 1. The summed E-state index contributed by atoms with van der Waals surface area (Å²) in [4.78, 5) is 29.1. The molecule has 1 aromatic carbocycles. The van der Waals surface area contributed by atoms with Crippen molar-refractivity contribution in [2.45, 2.75) is 58.4 Å². The van der Waals surface area contributed by atoms with Gasteiger partial charge in [-0.1, -0.05) is 31.5 Å². The minimum atomic E-state index is 0.0498. The molecule has 2 amide bonds. The lowest BCUT2D eigenvalue weighted by Crippen LogP contribution is -2.46. The third-order valence-corrected chi connectivity index (χ3v) is 5.39. The first-order valence-corrected chi connectivity index (χ1v) is 9.30. The molecule has 1 aromatic rings. The molecule has 1 atom stereocenters. The summed E-state index contributed by atoms with van der Waals surface area (Å²) >= 11 is 0. The Hall–Kier alpha value is -1.84. The number of carbonyl (C=O) groups excluding carboxylic acids is 2. The Kier molecular flexibility index (Phi) is 5.22. The minimum Gasteiger partial charge on any atom is -0.343 e. The van der Waals surface area contributed by atoms with Crippen molar-refractivity contribution in [1.29, 1.82) is 0 Å². The lowest BCUT2D eigenvalue weighted by Gasteiger charge is -2.34. The number of amides is 2. The number of hydrogen-bond acceptors (Lipinski definition) is 2. The predicted molar refractivity (Wildman–Crippen MR) is 95.9 cm³/mol. The molecule has 2 heterocycles. The lowest BCUT2D eigenvalue weighted by molar-refractivity contribution is -0.135. The topological polar surface area (TPSA) is 40.6 Å². The number of hydrogen-bond donors (Lipinski definition) is 0. The van der Waals surface area contributed by atoms with Crippen molar-refractivity contribution >= 4 is 17.5 Å². The van der Waals surface area contributed by atoms with Crippen LogP contribution in [-0.2, 0) is 16.0 Å². The van der Waals surface area contributed by atoms with E-state index in [9.17, 15) is 9.59 Å². The molecule has 1 saturated heterocycles. The maximum atomic E-state index is 13.0. The summed E-state index contributed by atoms with van der Waals surface area (Å²) in [5.41, 5.74) is 2.35. The van der Waals surface area contributed by atoms with Crippen LogP contribution in [0.2, 0.25) is 0 Å². The lowest BCUT2D eigenvalue weighted by atomic mass is 9.94. The number of carbonyl (C=O) groups is 2. The first-order valence-electron chi connectivity index (χ1n) is 9.30. The molecule has 2 aliphatic heterocycles. The second-order valence-electron chi connectivity index (χ2n) is 7.15. The van der Waals surface area contributed by atoms with Gasteiger partial charge in [-0.15, -0.1) is 0 Å². The van der Waals surface area contributed by atoms with Crippen molar-refractivity contribution in [1.82, 2.24) is 4.90 Å². The van der Waals surface area contributed by atoms with Crippen LogP contribution in [0.4, 0.5) is 5.69 Å². The van der Waals surface area contributed by atoms with E-state index in [2.05, 4.69) is 26.0 Å². The maximum Gasteiger partial charge on any atom is 0.230 e. The highest BCUT2D eigenvalue weighted by molar-refractivity contribution is 5.97. The van der Waals surface area contributed by atoms with E-state index in [-0.39, 0.29) is 23.8 Å². The van der Waals surface area contributed by atoms with E-state index in [4.69, 9.17) is 0 Å². The van der Waals surface area contributed by atoms with Gasteiger partial charge in [0.05, 0.1) is 0 Å². The molecule has 0 radical (unpaired) electrons. The second kappa shape index (κ2) is 7.37. The molecule has 2 aliphatic rings. The number of anilines is 1. The number of para-hydroxylation sites is 1. The van der Waals surface area contributed by atoms with Gasteiger partial charge in [-0.25, -0.2) is 0 Å². The van der Waals surface area contributed by atoms with E-state index >= 15 is 0 Å². The fraction of sp³-hybridized carbons (Fsp3) is 0.600. The van der Waals surface area contributed by atoms with Crippen LogP contribution in [0.1, 0.15) is 51.5 Å². The van der Waals surface area contributed by atoms with Gasteiger partial charge in [0.2, 0.25) is 11.8 Å². The van der Waals surface area contributed by atoms with Gasteiger partial charge in [0, 0.05) is 37.2 Å². The van der Waals surface area contributed by atoms with Crippen molar-refractivity contribution in [3.8, 4) is 0 Å². The Bertz CT molecular complexity index is 605. The Morgan fingerprint density at radius 1 is 1.17 bits per heavy atom. The maximum absolute atomic E-state index is 13.0. The SMILES string of the molecule is CCCCC(=O)N1CCC(C(=O)N2c3ccccc3CC2C)CC1. The summed E-state index contributed by atoms with van der Waals surface area (Å²) < 4.78 is 0. The Morgan fingerprint density at radius 3 is 2.58 bits per heavy atom. The van der Waals surface area contributed by atoms with E-state index in [0.717, 1.165) is 50.9 Å². The molecule has 0 aliphatic carbocycles. The number of likely N-dealkylation sites (tertiary alicyclic amines) is 1. The van der Waals surface area contributed by atoms with Crippen molar-refractivity contribution < 1.29 is 9.59 Å². The van der Waals surface area contributed by atoms with Crippen molar-refractivity contribution in [2.75, 3.05) is 18.0 Å². The van der Waals surface area contributed by atoms with Gasteiger partial charge in [0.15, 0.2) is 0 Å². The molecule has 24 heavy (non-hydrogen) atoms. The number of rotatable bonds is 4. The largest absolute Gasteiger partial charge is 0.343 e. The quantitative estimate of drug-likeness (QED) is 0.850. The van der Waals surface area contributed by atoms with Crippen LogP contribution in [0.5, 0.6) is 0 Å². The van der Waals surface area contributed by atoms with Gasteiger partial charge < -0.3 is 9.80 Å². The first kappa shape index (κ1) is 17.0. The molecule has 0 aromatic heterocycles. The van der Waals surface area contributed by atoms with Crippen LogP contribution in [-0.4, -0.2) is 35.8 Å². The molecule has 130 valence electrons. The summed E-state index contributed by atoms with van der Waals surface area (Å²) in [6.45, 7) is 5.68. The van der Waals surface area contributed by atoms with Crippen LogP contribution >= 0.6 is 0 Å². The van der Waals surface area contributed by atoms with E-state index in [1.165, 1.54) is 5.56 Å². The summed E-state index contributed by atoms with van der Waals surface area (Å²) in [7, 11) is 0. The Morgan fingerprint density at radius 2 is 1.88 bits per heavy atom. The number of unbranched alkanes of at least 4 members (excludes halogenated alkanes) is 1. The smallest absolute Gasteiger partial charge is 0.230 e. The normalized spacial score (nSPS) is 21.0. The first-order chi connectivity index (χ1) is 11.6. The molecule has 3 rings (SSSR count). The Balaban J connectivity index is 1.61. The van der Waals surface area contributed by atoms with Crippen LogP contribution in [0.3, 0.4) is 0 Å². The molecule has 0 bridgehead atoms. The molecule has 0 spiro atoms. The van der Waals surface area contributed by atoms with Crippen LogP contribution in [0.25, 0.3) is 0 Å². The molecular formula is C20H28N2O2. The van der Waals surface area contributed by atoms with Crippen molar-refractivity contribution in [2.24, 2.45) is 5.92 Å². The van der Waals surface area contributed by atoms with Gasteiger partial charge >= 0.3 is 0 Å². The fourth-order valence-corrected chi connectivity index (χ4v) is 3.96. The number of benzene rings is 1. The summed E-state index contributed by atoms with van der Waals surface area (Å²) in [5.74, 6) is 0.546. The van der Waals surface area contributed by atoms with E-state index in [1.54, 1.807) is 0 Å². The highest BCUT2D eigenvalue weighted by Gasteiger charge is 2.36. The van der Waals surface area contributed by atoms with Gasteiger partial charge in [-0.2, -0.15) is 0 Å². The zero-order chi connectivity index (χ0) is 17.1. The number of nitrogens with zero attached hydrogens (tertiary/aromatic N) is 2. The van der Waals surface area contributed by atoms with Crippen LogP contribution < -0.4 is 4.90 Å². The second-order valence-corrected chi connectivity index (χ2v) is 7.15. The molecule has 1 fully saturated rings. The summed E-state index contributed by atoms with van der Waals surface area (Å²) in [5, 5.41) is 0. The average Bonchev–Trinajstić information content (AvgIpc) is 2.95. The van der Waals surface area contributed by atoms with Gasteiger partial charge in [-0.05, 0) is 44.2 Å². The highest BCUT2D eigenvalue weighted by Crippen LogP contribution is 2.34. The van der Waals surface area contributed by atoms with Gasteiger partial charge in [0.1, 0.15) is 0 Å². The predicted octanol–water partition coefficient (Wildman–Crippen LogP) is 3.39. The standard InChI is InChI=1S/C20H28N2O2/c1-3-4-9-19(23)21-12-10-16(11-13-21)20(24)22-15(2)14-17-7-5-6-8-18(17)22/h5-8,15-16H,3-4,9-14H2,1-2H3. The van der Waals surface area contributed by atoms with Crippen LogP contribution in [0.15, 0.2) is 24.3 Å². The molecule has 0 N–H and O–H groups in total. The zero-order valence-corrected chi connectivity index (χ0v) is 14.8.